The van der Waals surface area contributed by atoms with Gasteiger partial charge < -0.3 is 15.2 Å². The van der Waals surface area contributed by atoms with E-state index >= 15 is 0 Å². The maximum absolute atomic E-state index is 12.4. The molecule has 4 rings (SSSR count). The molecule has 0 saturated carbocycles. The van der Waals surface area contributed by atoms with Crippen molar-refractivity contribution >= 4 is 22.5 Å². The topological polar surface area (TPSA) is 48.1 Å². The Hall–Kier alpha value is -2.59. The van der Waals surface area contributed by atoms with Crippen LogP contribution in [0.3, 0.4) is 0 Å². The summed E-state index contributed by atoms with van der Waals surface area (Å²) in [5, 5.41) is 4.24. The normalized spacial score (nSPS) is 16.2. The molecule has 2 N–H and O–H groups in total. The van der Waals surface area contributed by atoms with E-state index in [-0.39, 0.29) is 5.91 Å². The Kier molecular flexibility index (Phi) is 4.28. The van der Waals surface area contributed by atoms with Crippen LogP contribution < -0.4 is 5.32 Å². The molecule has 4 nitrogen and oxygen atoms in total. The summed E-state index contributed by atoms with van der Waals surface area (Å²) in [7, 11) is 2.18. The molecule has 0 unspecified atom stereocenters. The van der Waals surface area contributed by atoms with Crippen molar-refractivity contribution < 1.29 is 4.79 Å². The van der Waals surface area contributed by atoms with Crippen LogP contribution >= 0.6 is 0 Å². The predicted molar refractivity (Wildman–Crippen MR) is 102 cm³/mol. The number of nitrogens with one attached hydrogen (secondary N) is 2. The molecule has 0 spiro atoms. The molecule has 128 valence electrons. The van der Waals surface area contributed by atoms with Crippen LogP contribution in [0.1, 0.15) is 34.7 Å². The molecule has 3 aromatic rings. The Morgan fingerprint density at radius 1 is 1.12 bits per heavy atom. The second-order valence-corrected chi connectivity index (χ2v) is 6.90. The number of aromatic amines is 1. The zero-order chi connectivity index (χ0) is 17.2. The van der Waals surface area contributed by atoms with Gasteiger partial charge in [-0.15, -0.1) is 0 Å². The van der Waals surface area contributed by atoms with Gasteiger partial charge in [0.15, 0.2) is 0 Å². The average molecular weight is 333 g/mol. The summed E-state index contributed by atoms with van der Waals surface area (Å²) in [5.41, 5.74) is 4.02. The van der Waals surface area contributed by atoms with Crippen molar-refractivity contribution in [1.29, 1.82) is 0 Å². The monoisotopic (exact) mass is 333 g/mol. The molecule has 2 aromatic carbocycles. The number of anilines is 1. The third-order valence-electron chi connectivity index (χ3n) is 5.17. The van der Waals surface area contributed by atoms with E-state index in [1.807, 2.05) is 42.5 Å². The van der Waals surface area contributed by atoms with Crippen molar-refractivity contribution in [2.24, 2.45) is 0 Å². The van der Waals surface area contributed by atoms with Crippen molar-refractivity contribution in [3.63, 3.8) is 0 Å². The van der Waals surface area contributed by atoms with Crippen LogP contribution in [-0.4, -0.2) is 35.9 Å². The van der Waals surface area contributed by atoms with Crippen LogP contribution in [0, 0.1) is 0 Å². The number of H-pyrrole nitrogens is 1. The average Bonchev–Trinajstić information content (AvgIpc) is 3.06. The van der Waals surface area contributed by atoms with Gasteiger partial charge in [0.1, 0.15) is 0 Å². The predicted octanol–water partition coefficient (Wildman–Crippen LogP) is 4.23. The van der Waals surface area contributed by atoms with E-state index in [0.717, 1.165) is 24.3 Å². The van der Waals surface area contributed by atoms with E-state index in [2.05, 4.69) is 34.5 Å². The maximum Gasteiger partial charge on any atom is 0.255 e. The molecule has 0 radical (unpaired) electrons. The van der Waals surface area contributed by atoms with Gasteiger partial charge >= 0.3 is 0 Å². The minimum atomic E-state index is -0.0728. The lowest BCUT2D eigenvalue weighted by Gasteiger charge is -2.28. The first-order chi connectivity index (χ1) is 12.2. The lowest BCUT2D eigenvalue weighted by Crippen LogP contribution is -2.29. The third-order valence-corrected chi connectivity index (χ3v) is 5.17. The summed E-state index contributed by atoms with van der Waals surface area (Å²) in [6.45, 7) is 2.28. The van der Waals surface area contributed by atoms with E-state index < -0.39 is 0 Å². The molecule has 1 aliphatic heterocycles. The molecule has 1 fully saturated rings. The summed E-state index contributed by atoms with van der Waals surface area (Å²) < 4.78 is 0. The number of amides is 1. The van der Waals surface area contributed by atoms with E-state index in [1.165, 1.54) is 23.8 Å². The fourth-order valence-electron chi connectivity index (χ4n) is 3.67. The zero-order valence-electron chi connectivity index (χ0n) is 14.5. The number of aromatic nitrogens is 1. The van der Waals surface area contributed by atoms with Gasteiger partial charge in [-0.25, -0.2) is 0 Å². The molecular formula is C21H23N3O. The molecular weight excluding hydrogens is 310 g/mol. The number of benzene rings is 2. The largest absolute Gasteiger partial charge is 0.361 e. The van der Waals surface area contributed by atoms with Crippen LogP contribution in [0.15, 0.2) is 54.7 Å². The van der Waals surface area contributed by atoms with Crippen molar-refractivity contribution in [1.82, 2.24) is 9.88 Å². The third kappa shape index (κ3) is 3.30. The van der Waals surface area contributed by atoms with E-state index in [1.54, 1.807) is 0 Å². The summed E-state index contributed by atoms with van der Waals surface area (Å²) in [6.07, 6.45) is 4.51. The second-order valence-electron chi connectivity index (χ2n) is 6.90. The van der Waals surface area contributed by atoms with E-state index in [4.69, 9.17) is 0 Å². The van der Waals surface area contributed by atoms with Gasteiger partial charge in [0.25, 0.3) is 5.91 Å². The molecule has 25 heavy (non-hydrogen) atoms. The lowest BCUT2D eigenvalue weighted by molar-refractivity contribution is 0.102. The summed E-state index contributed by atoms with van der Waals surface area (Å²) >= 11 is 0. The second kappa shape index (κ2) is 6.73. The fraction of sp³-hybridized carbons (Fsp3) is 0.286. The molecule has 1 amide bonds. The number of carbonyl (C=O) groups excluding carboxylic acids is 1. The number of carbonyl (C=O) groups is 1. The number of likely N-dealkylation sites (tertiary alicyclic amines) is 1. The van der Waals surface area contributed by atoms with Gasteiger partial charge in [-0.3, -0.25) is 4.79 Å². The first kappa shape index (κ1) is 15.9. The number of nitrogens with zero attached hydrogens (tertiary/aromatic N) is 1. The van der Waals surface area contributed by atoms with Crippen LogP contribution in [0.5, 0.6) is 0 Å². The van der Waals surface area contributed by atoms with Crippen molar-refractivity contribution in [3.8, 4) is 0 Å². The van der Waals surface area contributed by atoms with Crippen LogP contribution in [-0.2, 0) is 0 Å². The van der Waals surface area contributed by atoms with Crippen molar-refractivity contribution in [2.75, 3.05) is 25.5 Å². The highest BCUT2D eigenvalue weighted by molar-refractivity contribution is 6.05. The molecule has 1 aromatic heterocycles. The van der Waals surface area contributed by atoms with Gasteiger partial charge in [0, 0.05) is 28.4 Å². The van der Waals surface area contributed by atoms with Gasteiger partial charge in [-0.2, -0.15) is 0 Å². The number of rotatable bonds is 3. The quantitative estimate of drug-likeness (QED) is 0.753. The Balaban J connectivity index is 1.59. The number of fused-ring (bicyclic) bond motifs is 1. The maximum atomic E-state index is 12.4. The van der Waals surface area contributed by atoms with Crippen molar-refractivity contribution in [2.45, 2.75) is 18.8 Å². The first-order valence-corrected chi connectivity index (χ1v) is 8.87. The molecule has 1 aliphatic rings. The van der Waals surface area contributed by atoms with Gasteiger partial charge in [0.05, 0.1) is 0 Å². The molecule has 0 bridgehead atoms. The number of piperidine rings is 1. The van der Waals surface area contributed by atoms with Crippen molar-refractivity contribution in [3.05, 3.63) is 65.9 Å². The Morgan fingerprint density at radius 2 is 1.88 bits per heavy atom. The highest BCUT2D eigenvalue weighted by atomic mass is 16.1. The fourth-order valence-corrected chi connectivity index (χ4v) is 3.67. The van der Waals surface area contributed by atoms with Crippen LogP contribution in [0.25, 0.3) is 10.9 Å². The summed E-state index contributed by atoms with van der Waals surface area (Å²) in [4.78, 5) is 18.2. The van der Waals surface area contributed by atoms with E-state index in [0.29, 0.717) is 11.5 Å². The van der Waals surface area contributed by atoms with Gasteiger partial charge in [-0.05, 0) is 74.8 Å². The molecule has 4 heteroatoms. The SMILES string of the molecule is CN1CCC(c2c[nH]c3ccc(NC(=O)c4ccccc4)cc23)CC1. The summed E-state index contributed by atoms with van der Waals surface area (Å²) in [6, 6.07) is 15.4. The summed E-state index contributed by atoms with van der Waals surface area (Å²) in [5.74, 6) is 0.515. The number of hydrogen-bond donors (Lipinski definition) is 2. The lowest BCUT2D eigenvalue weighted by atomic mass is 9.89. The highest BCUT2D eigenvalue weighted by Crippen LogP contribution is 2.34. The molecule has 1 saturated heterocycles. The molecule has 2 heterocycles. The Morgan fingerprint density at radius 3 is 2.64 bits per heavy atom. The minimum Gasteiger partial charge on any atom is -0.361 e. The van der Waals surface area contributed by atoms with Gasteiger partial charge in [0.2, 0.25) is 0 Å². The first-order valence-electron chi connectivity index (χ1n) is 8.87. The molecule has 0 atom stereocenters. The van der Waals surface area contributed by atoms with Gasteiger partial charge in [-0.1, -0.05) is 18.2 Å². The standard InChI is InChI=1S/C21H23N3O/c1-24-11-9-15(10-12-24)19-14-22-20-8-7-17(13-18(19)20)23-21(25)16-5-3-2-4-6-16/h2-8,13-15,22H,9-12H2,1H3,(H,23,25). The Bertz CT molecular complexity index is 877. The minimum absolute atomic E-state index is 0.0728. The molecule has 0 aliphatic carbocycles. The van der Waals surface area contributed by atoms with Crippen LogP contribution in [0.4, 0.5) is 5.69 Å². The van der Waals surface area contributed by atoms with Crippen LogP contribution in [0.2, 0.25) is 0 Å². The zero-order valence-corrected chi connectivity index (χ0v) is 14.5. The highest BCUT2D eigenvalue weighted by Gasteiger charge is 2.21. The number of hydrogen-bond acceptors (Lipinski definition) is 2. The Labute approximate surface area is 147 Å². The smallest absolute Gasteiger partial charge is 0.255 e. The van der Waals surface area contributed by atoms with E-state index in [9.17, 15) is 4.79 Å².